The first kappa shape index (κ1) is 16.7. The second kappa shape index (κ2) is 9.34. The molecule has 0 radical (unpaired) electrons. The molecule has 0 amide bonds. The summed E-state index contributed by atoms with van der Waals surface area (Å²) in [4.78, 5) is 0. The van der Waals surface area contributed by atoms with Crippen LogP contribution in [-0.4, -0.2) is 19.5 Å². The molecule has 2 aromatic carbocycles. The predicted octanol–water partition coefficient (Wildman–Crippen LogP) is 4.70. The van der Waals surface area contributed by atoms with Gasteiger partial charge >= 0.3 is 0 Å². The SMILES string of the molecule is C=C(COCc1ccc(OC)cc1)CSCc1ccccc1. The van der Waals surface area contributed by atoms with Gasteiger partial charge in [0.1, 0.15) is 5.75 Å². The van der Waals surface area contributed by atoms with Gasteiger partial charge in [-0.2, -0.15) is 11.8 Å². The Balaban J connectivity index is 1.61. The molecule has 2 aromatic rings. The second-order valence-corrected chi connectivity index (χ2v) is 6.05. The van der Waals surface area contributed by atoms with Crippen molar-refractivity contribution >= 4 is 11.8 Å². The minimum atomic E-state index is 0.604. The van der Waals surface area contributed by atoms with Crippen molar-refractivity contribution in [1.82, 2.24) is 0 Å². The van der Waals surface area contributed by atoms with Crippen LogP contribution in [0.2, 0.25) is 0 Å². The average molecular weight is 314 g/mol. The van der Waals surface area contributed by atoms with Crippen molar-refractivity contribution in [2.24, 2.45) is 0 Å². The van der Waals surface area contributed by atoms with E-state index in [4.69, 9.17) is 9.47 Å². The molecule has 116 valence electrons. The van der Waals surface area contributed by atoms with E-state index in [0.29, 0.717) is 13.2 Å². The summed E-state index contributed by atoms with van der Waals surface area (Å²) in [5.41, 5.74) is 3.61. The molecule has 0 N–H and O–H groups in total. The van der Waals surface area contributed by atoms with Crippen LogP contribution < -0.4 is 4.74 Å². The topological polar surface area (TPSA) is 18.5 Å². The zero-order valence-corrected chi connectivity index (χ0v) is 13.8. The highest BCUT2D eigenvalue weighted by Gasteiger charge is 1.99. The van der Waals surface area contributed by atoms with Crippen LogP contribution in [0.25, 0.3) is 0 Å². The fourth-order valence-corrected chi connectivity index (χ4v) is 2.87. The molecule has 2 nitrogen and oxygen atoms in total. The molecule has 0 aliphatic heterocycles. The van der Waals surface area contributed by atoms with E-state index in [9.17, 15) is 0 Å². The van der Waals surface area contributed by atoms with Gasteiger partial charge in [0, 0.05) is 11.5 Å². The van der Waals surface area contributed by atoms with E-state index in [1.165, 1.54) is 5.56 Å². The molecule has 2 rings (SSSR count). The van der Waals surface area contributed by atoms with Crippen molar-refractivity contribution in [1.29, 1.82) is 0 Å². The van der Waals surface area contributed by atoms with Gasteiger partial charge in [0.15, 0.2) is 0 Å². The summed E-state index contributed by atoms with van der Waals surface area (Å²) in [7, 11) is 1.67. The zero-order valence-electron chi connectivity index (χ0n) is 13.0. The maximum atomic E-state index is 5.70. The number of benzene rings is 2. The Labute approximate surface area is 137 Å². The van der Waals surface area contributed by atoms with Crippen LogP contribution in [0, 0.1) is 0 Å². The molecule has 0 aliphatic carbocycles. The summed E-state index contributed by atoms with van der Waals surface area (Å²) in [6.07, 6.45) is 0. The van der Waals surface area contributed by atoms with Crippen LogP contribution in [0.1, 0.15) is 11.1 Å². The van der Waals surface area contributed by atoms with Crippen molar-refractivity contribution in [2.75, 3.05) is 19.5 Å². The van der Waals surface area contributed by atoms with Gasteiger partial charge < -0.3 is 9.47 Å². The highest BCUT2D eigenvalue weighted by Crippen LogP contribution is 2.15. The van der Waals surface area contributed by atoms with Crippen molar-refractivity contribution in [3.63, 3.8) is 0 Å². The Hall–Kier alpha value is -1.71. The third-order valence-electron chi connectivity index (χ3n) is 3.15. The average Bonchev–Trinajstić information content (AvgIpc) is 2.56. The number of ether oxygens (including phenoxy) is 2. The number of hydrogen-bond donors (Lipinski definition) is 0. The van der Waals surface area contributed by atoms with Gasteiger partial charge in [0.05, 0.1) is 20.3 Å². The van der Waals surface area contributed by atoms with Gasteiger partial charge in [-0.25, -0.2) is 0 Å². The molecular formula is C19H22O2S. The minimum Gasteiger partial charge on any atom is -0.497 e. The monoisotopic (exact) mass is 314 g/mol. The van der Waals surface area contributed by atoms with Gasteiger partial charge in [-0.3, -0.25) is 0 Å². The summed E-state index contributed by atoms with van der Waals surface area (Å²) >= 11 is 1.87. The molecule has 0 fully saturated rings. The largest absolute Gasteiger partial charge is 0.497 e. The molecule has 22 heavy (non-hydrogen) atoms. The Morgan fingerprint density at radius 2 is 1.73 bits per heavy atom. The van der Waals surface area contributed by atoms with Crippen LogP contribution in [0.5, 0.6) is 5.75 Å². The Kier molecular flexibility index (Phi) is 7.07. The number of hydrogen-bond acceptors (Lipinski definition) is 3. The van der Waals surface area contributed by atoms with Gasteiger partial charge in [-0.15, -0.1) is 0 Å². The fraction of sp³-hybridized carbons (Fsp3) is 0.263. The summed E-state index contributed by atoms with van der Waals surface area (Å²) in [6.45, 7) is 5.29. The van der Waals surface area contributed by atoms with E-state index >= 15 is 0 Å². The third kappa shape index (κ3) is 5.96. The lowest BCUT2D eigenvalue weighted by Crippen LogP contribution is -2.00. The molecule has 0 spiro atoms. The molecule has 0 atom stereocenters. The first-order valence-electron chi connectivity index (χ1n) is 7.27. The summed E-state index contributed by atoms with van der Waals surface area (Å²) in [6, 6.07) is 18.4. The smallest absolute Gasteiger partial charge is 0.118 e. The van der Waals surface area contributed by atoms with Crippen molar-refractivity contribution in [2.45, 2.75) is 12.4 Å². The molecule has 0 unspecified atom stereocenters. The van der Waals surface area contributed by atoms with E-state index in [2.05, 4.69) is 30.8 Å². The minimum absolute atomic E-state index is 0.604. The van der Waals surface area contributed by atoms with Gasteiger partial charge in [-0.1, -0.05) is 49.0 Å². The Bertz CT molecular complexity index is 564. The van der Waals surface area contributed by atoms with Gasteiger partial charge in [0.2, 0.25) is 0 Å². The second-order valence-electron chi connectivity index (χ2n) is 5.07. The lowest BCUT2D eigenvalue weighted by molar-refractivity contribution is 0.143. The molecule has 0 bridgehead atoms. The first-order valence-corrected chi connectivity index (χ1v) is 8.42. The number of rotatable bonds is 9. The standard InChI is InChI=1S/C19H22O2S/c1-16(14-22-15-18-6-4-3-5-7-18)12-21-13-17-8-10-19(20-2)11-9-17/h3-11H,1,12-15H2,2H3. The first-order chi connectivity index (χ1) is 10.8. The van der Waals surface area contributed by atoms with Gasteiger partial charge in [-0.05, 0) is 28.8 Å². The van der Waals surface area contributed by atoms with E-state index in [0.717, 1.165) is 28.4 Å². The summed E-state index contributed by atoms with van der Waals surface area (Å²) in [5, 5.41) is 0. The molecule has 0 heterocycles. The highest BCUT2D eigenvalue weighted by atomic mass is 32.2. The lowest BCUT2D eigenvalue weighted by Gasteiger charge is -2.08. The highest BCUT2D eigenvalue weighted by molar-refractivity contribution is 7.98. The van der Waals surface area contributed by atoms with Crippen molar-refractivity contribution in [3.8, 4) is 5.75 Å². The molecular weight excluding hydrogens is 292 g/mol. The molecule has 0 saturated heterocycles. The van der Waals surface area contributed by atoms with Crippen molar-refractivity contribution in [3.05, 3.63) is 77.9 Å². The predicted molar refractivity (Wildman–Crippen MR) is 94.4 cm³/mol. The molecule has 0 aliphatic rings. The van der Waals surface area contributed by atoms with E-state index in [1.54, 1.807) is 7.11 Å². The van der Waals surface area contributed by atoms with Crippen molar-refractivity contribution < 1.29 is 9.47 Å². The lowest BCUT2D eigenvalue weighted by atomic mass is 10.2. The summed E-state index contributed by atoms with van der Waals surface area (Å²) < 4.78 is 10.8. The number of thioether (sulfide) groups is 1. The fourth-order valence-electron chi connectivity index (χ4n) is 1.96. The van der Waals surface area contributed by atoms with E-state index in [1.807, 2.05) is 42.1 Å². The van der Waals surface area contributed by atoms with Crippen LogP contribution >= 0.6 is 11.8 Å². The van der Waals surface area contributed by atoms with Crippen LogP contribution in [-0.2, 0) is 17.1 Å². The molecule has 0 aromatic heterocycles. The number of methoxy groups -OCH3 is 1. The van der Waals surface area contributed by atoms with E-state index < -0.39 is 0 Å². The molecule has 3 heteroatoms. The Morgan fingerprint density at radius 3 is 2.41 bits per heavy atom. The normalized spacial score (nSPS) is 10.4. The third-order valence-corrected chi connectivity index (χ3v) is 4.30. The van der Waals surface area contributed by atoms with Crippen LogP contribution in [0.4, 0.5) is 0 Å². The maximum Gasteiger partial charge on any atom is 0.118 e. The quantitative estimate of drug-likeness (QED) is 0.625. The molecule has 0 saturated carbocycles. The van der Waals surface area contributed by atoms with Crippen LogP contribution in [0.3, 0.4) is 0 Å². The van der Waals surface area contributed by atoms with E-state index in [-0.39, 0.29) is 0 Å². The zero-order chi connectivity index (χ0) is 15.6. The van der Waals surface area contributed by atoms with Gasteiger partial charge in [0.25, 0.3) is 0 Å². The Morgan fingerprint density at radius 1 is 1.00 bits per heavy atom. The maximum absolute atomic E-state index is 5.70. The van der Waals surface area contributed by atoms with Crippen LogP contribution in [0.15, 0.2) is 66.7 Å². The summed E-state index contributed by atoms with van der Waals surface area (Å²) in [5.74, 6) is 2.81.